The molecule has 2 heterocycles. The van der Waals surface area contributed by atoms with Crippen LogP contribution in [0.25, 0.3) is 0 Å². The molecule has 0 aliphatic carbocycles. The molecule has 0 saturated carbocycles. The Morgan fingerprint density at radius 3 is 3.00 bits per heavy atom. The zero-order valence-electron chi connectivity index (χ0n) is 12.7. The van der Waals surface area contributed by atoms with Crippen molar-refractivity contribution in [3.63, 3.8) is 0 Å². The Balaban J connectivity index is 1.70. The highest BCUT2D eigenvalue weighted by molar-refractivity contribution is 7.90. The minimum atomic E-state index is -3.60. The summed E-state index contributed by atoms with van der Waals surface area (Å²) < 4.78 is 36.9. The fraction of sp³-hybridized carbons (Fsp3) is 0.467. The van der Waals surface area contributed by atoms with Crippen LogP contribution in [-0.2, 0) is 24.3 Å². The van der Waals surface area contributed by atoms with Gasteiger partial charge in [0, 0.05) is 12.2 Å². The molecule has 1 aromatic carbocycles. The van der Waals surface area contributed by atoms with Crippen LogP contribution in [0.4, 0.5) is 0 Å². The van der Waals surface area contributed by atoms with Crippen LogP contribution in [-0.4, -0.2) is 45.6 Å². The lowest BCUT2D eigenvalue weighted by atomic mass is 10.2. The highest BCUT2D eigenvalue weighted by Gasteiger charge is 2.31. The maximum atomic E-state index is 12.0. The van der Waals surface area contributed by atoms with Gasteiger partial charge in [-0.15, -0.1) is 0 Å². The summed E-state index contributed by atoms with van der Waals surface area (Å²) in [4.78, 5) is 16.3. The molecule has 1 N–H and O–H groups in total. The van der Waals surface area contributed by atoms with E-state index >= 15 is 0 Å². The molecule has 0 amide bonds. The second kappa shape index (κ2) is 6.29. The molecule has 2 atom stereocenters. The first kappa shape index (κ1) is 15.9. The van der Waals surface area contributed by atoms with E-state index in [2.05, 4.69) is 9.71 Å². The number of amidine groups is 1. The number of aliphatic imine (C=N–C) groups is 1. The maximum Gasteiger partial charge on any atom is 0.330 e. The lowest BCUT2D eigenvalue weighted by molar-refractivity contribution is -0.147. The summed E-state index contributed by atoms with van der Waals surface area (Å²) in [7, 11) is -3.60. The van der Waals surface area contributed by atoms with Gasteiger partial charge in [0.25, 0.3) is 10.0 Å². The van der Waals surface area contributed by atoms with Crippen molar-refractivity contribution < 1.29 is 22.7 Å². The minimum absolute atomic E-state index is 0.0514. The molecular weight excluding hydrogens is 320 g/mol. The number of hydrogen-bond donors (Lipinski definition) is 1. The van der Waals surface area contributed by atoms with Crippen molar-refractivity contribution in [2.75, 3.05) is 13.2 Å². The van der Waals surface area contributed by atoms with Crippen LogP contribution in [0.1, 0.15) is 25.3 Å². The van der Waals surface area contributed by atoms with Crippen LogP contribution in [0.3, 0.4) is 0 Å². The number of carbonyl (C=O) groups excluding carboxylic acids is 1. The lowest BCUT2D eigenvalue weighted by Crippen LogP contribution is -2.28. The van der Waals surface area contributed by atoms with Gasteiger partial charge in [0.2, 0.25) is 0 Å². The molecule has 23 heavy (non-hydrogen) atoms. The predicted octanol–water partition coefficient (Wildman–Crippen LogP) is 0.836. The second-order valence-electron chi connectivity index (χ2n) is 5.52. The number of fused-ring (bicyclic) bond motifs is 1. The molecule has 7 nitrogen and oxygen atoms in total. The van der Waals surface area contributed by atoms with E-state index in [9.17, 15) is 13.2 Å². The fourth-order valence-corrected chi connectivity index (χ4v) is 3.79. The van der Waals surface area contributed by atoms with Gasteiger partial charge in [0.1, 0.15) is 18.5 Å². The molecule has 8 heteroatoms. The SMILES string of the molecule is C[C@H](N=C1NS(=O)(=O)c2ccccc21)C(=O)OC[C@H]1CCCO1. The standard InChI is InChI=1S/C15H18N2O5S/c1-10(15(18)22-9-11-5-4-8-21-11)16-14-12-6-2-3-7-13(12)23(19,20)17-14/h2-3,6-7,10-11H,4-5,8-9H2,1H3,(H,16,17)/t10-,11+/m0/s1. The molecule has 0 spiro atoms. The van der Waals surface area contributed by atoms with Crippen LogP contribution >= 0.6 is 0 Å². The van der Waals surface area contributed by atoms with Gasteiger partial charge >= 0.3 is 5.97 Å². The zero-order chi connectivity index (χ0) is 16.4. The first-order chi connectivity index (χ1) is 11.0. The maximum absolute atomic E-state index is 12.0. The number of ether oxygens (including phenoxy) is 2. The summed E-state index contributed by atoms with van der Waals surface area (Å²) in [5, 5.41) is 0. The summed E-state index contributed by atoms with van der Waals surface area (Å²) >= 11 is 0. The van der Waals surface area contributed by atoms with E-state index in [1.807, 2.05) is 0 Å². The molecule has 1 fully saturated rings. The van der Waals surface area contributed by atoms with E-state index in [0.29, 0.717) is 12.2 Å². The van der Waals surface area contributed by atoms with Crippen molar-refractivity contribution in [2.45, 2.75) is 36.8 Å². The van der Waals surface area contributed by atoms with Gasteiger partial charge in [-0.05, 0) is 31.9 Å². The summed E-state index contributed by atoms with van der Waals surface area (Å²) in [6.07, 6.45) is 1.80. The third kappa shape index (κ3) is 3.37. The van der Waals surface area contributed by atoms with Gasteiger partial charge in [-0.2, -0.15) is 0 Å². The Morgan fingerprint density at radius 2 is 2.26 bits per heavy atom. The Morgan fingerprint density at radius 1 is 1.48 bits per heavy atom. The summed E-state index contributed by atoms with van der Waals surface area (Å²) in [5.74, 6) is -0.334. The monoisotopic (exact) mass is 338 g/mol. The molecule has 1 saturated heterocycles. The van der Waals surface area contributed by atoms with Crippen molar-refractivity contribution in [3.05, 3.63) is 29.8 Å². The molecule has 2 aliphatic heterocycles. The highest BCUT2D eigenvalue weighted by Crippen LogP contribution is 2.22. The zero-order valence-corrected chi connectivity index (χ0v) is 13.5. The number of sulfonamides is 1. The first-order valence-electron chi connectivity index (χ1n) is 7.45. The quantitative estimate of drug-likeness (QED) is 0.821. The Hall–Kier alpha value is -1.93. The molecule has 2 aliphatic rings. The van der Waals surface area contributed by atoms with Crippen LogP contribution in [0.15, 0.2) is 34.2 Å². The van der Waals surface area contributed by atoms with Gasteiger partial charge < -0.3 is 9.47 Å². The summed E-state index contributed by atoms with van der Waals surface area (Å²) in [6, 6.07) is 5.70. The minimum Gasteiger partial charge on any atom is -0.461 e. The third-order valence-corrected chi connectivity index (χ3v) is 5.16. The van der Waals surface area contributed by atoms with Gasteiger partial charge in [-0.1, -0.05) is 12.1 Å². The number of rotatable bonds is 4. The topological polar surface area (TPSA) is 94.1 Å². The molecule has 1 aromatic rings. The van der Waals surface area contributed by atoms with E-state index in [0.717, 1.165) is 12.8 Å². The average Bonchev–Trinajstić information content (AvgIpc) is 3.12. The van der Waals surface area contributed by atoms with Gasteiger partial charge in [0.15, 0.2) is 0 Å². The second-order valence-corrected chi connectivity index (χ2v) is 7.17. The van der Waals surface area contributed by atoms with Crippen LogP contribution in [0, 0.1) is 0 Å². The number of esters is 1. The number of nitrogens with zero attached hydrogens (tertiary/aromatic N) is 1. The number of hydrogen-bond acceptors (Lipinski definition) is 6. The van der Waals surface area contributed by atoms with Crippen LogP contribution < -0.4 is 4.72 Å². The Labute approximate surface area is 134 Å². The van der Waals surface area contributed by atoms with Gasteiger partial charge in [0.05, 0.1) is 11.0 Å². The fourth-order valence-electron chi connectivity index (χ4n) is 2.55. The molecule has 0 unspecified atom stereocenters. The van der Waals surface area contributed by atoms with Crippen molar-refractivity contribution >= 4 is 21.8 Å². The van der Waals surface area contributed by atoms with E-state index in [-0.39, 0.29) is 23.4 Å². The molecule has 3 rings (SSSR count). The highest BCUT2D eigenvalue weighted by atomic mass is 32.2. The van der Waals surface area contributed by atoms with Gasteiger partial charge in [-0.25, -0.2) is 13.2 Å². The summed E-state index contributed by atoms with van der Waals surface area (Å²) in [6.45, 7) is 2.47. The van der Waals surface area contributed by atoms with Crippen molar-refractivity contribution in [1.82, 2.24) is 4.72 Å². The lowest BCUT2D eigenvalue weighted by Gasteiger charge is -2.12. The van der Waals surface area contributed by atoms with E-state index in [4.69, 9.17) is 9.47 Å². The summed E-state index contributed by atoms with van der Waals surface area (Å²) in [5.41, 5.74) is 0.464. The number of carbonyl (C=O) groups is 1. The first-order valence-corrected chi connectivity index (χ1v) is 8.94. The van der Waals surface area contributed by atoms with Crippen LogP contribution in [0.5, 0.6) is 0 Å². The van der Waals surface area contributed by atoms with Gasteiger partial charge in [-0.3, -0.25) is 9.71 Å². The average molecular weight is 338 g/mol. The Bertz CT molecular complexity index is 738. The smallest absolute Gasteiger partial charge is 0.330 e. The van der Waals surface area contributed by atoms with Crippen LogP contribution in [0.2, 0.25) is 0 Å². The molecule has 0 radical (unpaired) electrons. The predicted molar refractivity (Wildman–Crippen MR) is 82.7 cm³/mol. The number of benzene rings is 1. The molecule has 0 aromatic heterocycles. The largest absolute Gasteiger partial charge is 0.461 e. The van der Waals surface area contributed by atoms with E-state index in [1.54, 1.807) is 25.1 Å². The van der Waals surface area contributed by atoms with E-state index < -0.39 is 22.0 Å². The van der Waals surface area contributed by atoms with E-state index in [1.165, 1.54) is 6.07 Å². The normalized spacial score (nSPS) is 24.9. The third-order valence-electron chi connectivity index (χ3n) is 3.76. The number of nitrogens with one attached hydrogen (secondary N) is 1. The molecule has 0 bridgehead atoms. The Kier molecular flexibility index (Phi) is 4.36. The van der Waals surface area contributed by atoms with Crippen molar-refractivity contribution in [3.8, 4) is 0 Å². The van der Waals surface area contributed by atoms with Crippen molar-refractivity contribution in [2.24, 2.45) is 4.99 Å². The van der Waals surface area contributed by atoms with Crippen molar-refractivity contribution in [1.29, 1.82) is 0 Å². The molecular formula is C15H18N2O5S. The molecule has 124 valence electrons.